The largest absolute Gasteiger partial charge is 0.322 e. The van der Waals surface area contributed by atoms with Crippen molar-refractivity contribution in [1.82, 2.24) is 9.88 Å². The first-order valence-electron chi connectivity index (χ1n) is 9.20. The maximum absolute atomic E-state index is 12.7. The van der Waals surface area contributed by atoms with Gasteiger partial charge < -0.3 is 10.6 Å². The first kappa shape index (κ1) is 22.9. The average Bonchev–Trinajstić information content (AvgIpc) is 2.70. The summed E-state index contributed by atoms with van der Waals surface area (Å²) >= 11 is 5.82. The maximum Gasteiger partial charge on any atom is 0.258 e. The molecular formula is C21H24Cl2N4O2. The molecule has 0 bridgehead atoms. The van der Waals surface area contributed by atoms with Gasteiger partial charge in [0.15, 0.2) is 0 Å². The number of amides is 2. The summed E-state index contributed by atoms with van der Waals surface area (Å²) in [5.41, 5.74) is 1.57. The second-order valence-electron chi connectivity index (χ2n) is 6.88. The Morgan fingerprint density at radius 2 is 1.86 bits per heavy atom. The molecule has 0 atom stereocenters. The number of nitrogens with zero attached hydrogens (tertiary/aromatic N) is 2. The van der Waals surface area contributed by atoms with Crippen LogP contribution < -0.4 is 10.6 Å². The summed E-state index contributed by atoms with van der Waals surface area (Å²) in [6.07, 6.45) is 4.10. The summed E-state index contributed by atoms with van der Waals surface area (Å²) in [5.74, 6) is -0.137. The lowest BCUT2D eigenvalue weighted by Gasteiger charge is -2.29. The van der Waals surface area contributed by atoms with Crippen molar-refractivity contribution in [3.8, 4) is 0 Å². The van der Waals surface area contributed by atoms with E-state index in [2.05, 4.69) is 34.4 Å². The highest BCUT2D eigenvalue weighted by Crippen LogP contribution is 2.20. The molecule has 1 aliphatic heterocycles. The highest BCUT2D eigenvalue weighted by atomic mass is 35.5. The molecule has 0 saturated heterocycles. The molecule has 0 fully saturated rings. The Balaban J connectivity index is 0.00000300. The number of carbonyl (C=O) groups excluding carboxylic acids is 2. The van der Waals surface area contributed by atoms with Gasteiger partial charge in [-0.05, 0) is 44.5 Å². The highest BCUT2D eigenvalue weighted by molar-refractivity contribution is 6.30. The number of rotatable bonds is 5. The van der Waals surface area contributed by atoms with E-state index in [4.69, 9.17) is 11.6 Å². The molecule has 0 unspecified atom stereocenters. The third kappa shape index (κ3) is 6.03. The monoisotopic (exact) mass is 434 g/mol. The van der Waals surface area contributed by atoms with Gasteiger partial charge in [0, 0.05) is 30.9 Å². The van der Waals surface area contributed by atoms with Crippen molar-refractivity contribution < 1.29 is 9.59 Å². The van der Waals surface area contributed by atoms with Gasteiger partial charge in [-0.25, -0.2) is 4.98 Å². The molecular weight excluding hydrogens is 411 g/mol. The normalized spacial score (nSPS) is 14.0. The summed E-state index contributed by atoms with van der Waals surface area (Å²) < 4.78 is 0. The van der Waals surface area contributed by atoms with Crippen LogP contribution in [0.4, 0.5) is 11.5 Å². The van der Waals surface area contributed by atoms with E-state index < -0.39 is 0 Å². The lowest BCUT2D eigenvalue weighted by Crippen LogP contribution is -2.36. The minimum Gasteiger partial charge on any atom is -0.322 e. The molecule has 2 N–H and O–H groups in total. The first-order valence-corrected chi connectivity index (χ1v) is 9.58. The molecule has 0 aliphatic carbocycles. The smallest absolute Gasteiger partial charge is 0.258 e. The standard InChI is InChI=1S/C21H23ClN4O2.ClH/c1-14(2)26-11-9-15(10-12-26)20(27)24-18-6-4-3-5-17(18)21(28)25-19-8-7-16(22)13-23-19;/h3-9,13-14H,10-12H2,1-2H3,(H,24,27)(H,23,25,28);1H. The van der Waals surface area contributed by atoms with Crippen molar-refractivity contribution in [2.75, 3.05) is 23.7 Å². The van der Waals surface area contributed by atoms with Gasteiger partial charge in [-0.3, -0.25) is 14.5 Å². The Hall–Kier alpha value is -2.41. The van der Waals surface area contributed by atoms with E-state index in [0.29, 0.717) is 34.6 Å². The fourth-order valence-electron chi connectivity index (χ4n) is 2.99. The summed E-state index contributed by atoms with van der Waals surface area (Å²) in [5, 5.41) is 6.08. The number of halogens is 2. The van der Waals surface area contributed by atoms with Crippen LogP contribution in [0.2, 0.25) is 5.02 Å². The molecule has 3 rings (SSSR count). The van der Waals surface area contributed by atoms with Crippen LogP contribution in [0.1, 0.15) is 30.6 Å². The number of hydrogen-bond acceptors (Lipinski definition) is 4. The quantitative estimate of drug-likeness (QED) is 0.731. The van der Waals surface area contributed by atoms with E-state index in [-0.39, 0.29) is 24.2 Å². The summed E-state index contributed by atoms with van der Waals surface area (Å²) in [7, 11) is 0. The Morgan fingerprint density at radius 3 is 2.48 bits per heavy atom. The first-order chi connectivity index (χ1) is 13.4. The number of nitrogens with one attached hydrogen (secondary N) is 2. The molecule has 1 aromatic heterocycles. The molecule has 2 aromatic rings. The van der Waals surface area contributed by atoms with E-state index >= 15 is 0 Å². The molecule has 2 heterocycles. The fraction of sp³-hybridized carbons (Fsp3) is 0.286. The van der Waals surface area contributed by atoms with Gasteiger partial charge in [-0.2, -0.15) is 0 Å². The Labute approximate surface area is 181 Å². The van der Waals surface area contributed by atoms with Gasteiger partial charge in [0.1, 0.15) is 5.82 Å². The Bertz CT molecular complexity index is 898. The van der Waals surface area contributed by atoms with E-state index in [1.165, 1.54) is 6.20 Å². The van der Waals surface area contributed by atoms with Crippen LogP contribution in [0.5, 0.6) is 0 Å². The lowest BCUT2D eigenvalue weighted by atomic mass is 10.1. The van der Waals surface area contributed by atoms with Crippen LogP contribution >= 0.6 is 24.0 Å². The minimum atomic E-state index is -0.352. The number of para-hydroxylation sites is 1. The second kappa shape index (κ2) is 10.4. The third-order valence-electron chi connectivity index (χ3n) is 4.65. The Kier molecular flexibility index (Phi) is 8.20. The van der Waals surface area contributed by atoms with Crippen molar-refractivity contribution in [3.63, 3.8) is 0 Å². The summed E-state index contributed by atoms with van der Waals surface area (Å²) in [4.78, 5) is 31.7. The predicted molar refractivity (Wildman–Crippen MR) is 119 cm³/mol. The van der Waals surface area contributed by atoms with Crippen molar-refractivity contribution >= 4 is 47.3 Å². The van der Waals surface area contributed by atoms with Gasteiger partial charge in [0.25, 0.3) is 11.8 Å². The van der Waals surface area contributed by atoms with Gasteiger partial charge >= 0.3 is 0 Å². The summed E-state index contributed by atoms with van der Waals surface area (Å²) in [6.45, 7) is 5.89. The minimum absolute atomic E-state index is 0. The molecule has 1 aromatic carbocycles. The molecule has 0 saturated carbocycles. The van der Waals surface area contributed by atoms with Gasteiger partial charge in [-0.15, -0.1) is 12.4 Å². The van der Waals surface area contributed by atoms with E-state index in [1.54, 1.807) is 36.4 Å². The van der Waals surface area contributed by atoms with E-state index in [9.17, 15) is 9.59 Å². The second-order valence-corrected chi connectivity index (χ2v) is 7.32. The third-order valence-corrected chi connectivity index (χ3v) is 4.87. The van der Waals surface area contributed by atoms with E-state index in [1.807, 2.05) is 6.08 Å². The van der Waals surface area contributed by atoms with Gasteiger partial charge in [0.05, 0.1) is 16.3 Å². The van der Waals surface area contributed by atoms with Crippen LogP contribution in [0.3, 0.4) is 0 Å². The van der Waals surface area contributed by atoms with Crippen LogP contribution in [0.25, 0.3) is 0 Å². The molecule has 2 amide bonds. The zero-order valence-corrected chi connectivity index (χ0v) is 17.9. The van der Waals surface area contributed by atoms with Gasteiger partial charge in [0.2, 0.25) is 0 Å². The summed E-state index contributed by atoms with van der Waals surface area (Å²) in [6, 6.07) is 10.6. The lowest BCUT2D eigenvalue weighted by molar-refractivity contribution is -0.113. The molecule has 0 spiro atoms. The van der Waals surface area contributed by atoms with Crippen molar-refractivity contribution in [3.05, 3.63) is 64.8 Å². The van der Waals surface area contributed by atoms with Crippen LogP contribution in [0.15, 0.2) is 54.2 Å². The zero-order chi connectivity index (χ0) is 20.1. The van der Waals surface area contributed by atoms with Crippen LogP contribution in [-0.2, 0) is 4.79 Å². The molecule has 6 nitrogen and oxygen atoms in total. The van der Waals surface area contributed by atoms with E-state index in [0.717, 1.165) is 18.7 Å². The molecule has 154 valence electrons. The number of pyridine rings is 1. The van der Waals surface area contributed by atoms with Gasteiger partial charge in [-0.1, -0.05) is 29.8 Å². The fourth-order valence-corrected chi connectivity index (χ4v) is 3.10. The predicted octanol–water partition coefficient (Wildman–Crippen LogP) is 4.39. The van der Waals surface area contributed by atoms with Crippen molar-refractivity contribution in [2.24, 2.45) is 0 Å². The molecule has 29 heavy (non-hydrogen) atoms. The number of aromatic nitrogens is 1. The Morgan fingerprint density at radius 1 is 1.10 bits per heavy atom. The number of benzene rings is 1. The molecule has 1 aliphatic rings. The van der Waals surface area contributed by atoms with Crippen molar-refractivity contribution in [2.45, 2.75) is 26.3 Å². The molecule has 8 heteroatoms. The zero-order valence-electron chi connectivity index (χ0n) is 16.3. The maximum atomic E-state index is 12.7. The molecule has 0 radical (unpaired) electrons. The number of anilines is 2. The topological polar surface area (TPSA) is 74.3 Å². The highest BCUT2D eigenvalue weighted by Gasteiger charge is 2.20. The van der Waals surface area contributed by atoms with Crippen molar-refractivity contribution in [1.29, 1.82) is 0 Å². The van der Waals surface area contributed by atoms with Crippen LogP contribution in [-0.4, -0.2) is 40.8 Å². The van der Waals surface area contributed by atoms with Crippen LogP contribution in [0, 0.1) is 0 Å². The average molecular weight is 435 g/mol. The number of carbonyl (C=O) groups is 2. The number of hydrogen-bond donors (Lipinski definition) is 2. The SMILES string of the molecule is CC(C)N1CC=C(C(=O)Nc2ccccc2C(=O)Nc2ccc(Cl)cn2)CC1.Cl.